The van der Waals surface area contributed by atoms with E-state index in [2.05, 4.69) is 6.58 Å². The van der Waals surface area contributed by atoms with Crippen molar-refractivity contribution in [3.8, 4) is 0 Å². The zero-order valence-electron chi connectivity index (χ0n) is 7.80. The molecular weight excluding hydrogens is 178 g/mol. The minimum absolute atomic E-state index is 0. The second-order valence-electron chi connectivity index (χ2n) is 3.22. The Morgan fingerprint density at radius 3 is 2.17 bits per heavy atom. The van der Waals surface area contributed by atoms with E-state index in [1.54, 1.807) is 21.0 Å². The van der Waals surface area contributed by atoms with Gasteiger partial charge in [-0.05, 0) is 6.92 Å². The van der Waals surface area contributed by atoms with E-state index in [4.69, 9.17) is 5.11 Å². The van der Waals surface area contributed by atoms with Gasteiger partial charge in [-0.25, -0.2) is 4.79 Å². The third-order valence-corrected chi connectivity index (χ3v) is 1.57. The van der Waals surface area contributed by atoms with Crippen molar-refractivity contribution in [1.82, 2.24) is 0 Å². The van der Waals surface area contributed by atoms with Crippen LogP contribution in [-0.4, -0.2) is 42.7 Å². The first-order valence-corrected chi connectivity index (χ1v) is 3.56. The van der Waals surface area contributed by atoms with Gasteiger partial charge in [0.15, 0.2) is 0 Å². The summed E-state index contributed by atoms with van der Waals surface area (Å²) < 4.78 is 0.172. The molecule has 0 rings (SSSR count). The molecule has 0 spiro atoms. The number of hydrogen-bond acceptors (Lipinski definition) is 2. The largest absolute Gasteiger partial charge is 1.00 e. The van der Waals surface area contributed by atoms with E-state index in [1.165, 1.54) is 0 Å². The molecule has 4 heteroatoms. The number of carbonyl (C=O) groups is 1. The molecule has 0 atom stereocenters. The molecule has 1 amide bonds. The fourth-order valence-corrected chi connectivity index (χ4v) is 0.868. The lowest BCUT2D eigenvalue weighted by Gasteiger charge is -2.25. The van der Waals surface area contributed by atoms with E-state index in [1.807, 2.05) is 0 Å². The molecule has 0 unspecified atom stereocenters. The van der Waals surface area contributed by atoms with Crippen LogP contribution in [0.15, 0.2) is 12.2 Å². The van der Waals surface area contributed by atoms with Crippen molar-refractivity contribution in [1.29, 1.82) is 0 Å². The number of aliphatic hydroxyl groups excluding tert-OH is 1. The molecule has 0 aromatic heterocycles. The highest BCUT2D eigenvalue weighted by atomic mass is 35.5. The summed E-state index contributed by atoms with van der Waals surface area (Å²) in [7, 11) is 3.51. The second-order valence-corrected chi connectivity index (χ2v) is 3.22. The quantitative estimate of drug-likeness (QED) is 0.388. The predicted molar refractivity (Wildman–Crippen MR) is 43.9 cm³/mol. The van der Waals surface area contributed by atoms with Crippen LogP contribution in [0.3, 0.4) is 0 Å². The Labute approximate surface area is 79.7 Å². The summed E-state index contributed by atoms with van der Waals surface area (Å²) in [5.74, 6) is -0.0287. The minimum atomic E-state index is -0.0287. The molecule has 12 heavy (non-hydrogen) atoms. The second kappa shape index (κ2) is 5.30. The van der Waals surface area contributed by atoms with Crippen LogP contribution in [0.25, 0.3) is 0 Å². The van der Waals surface area contributed by atoms with E-state index in [-0.39, 0.29) is 29.4 Å². The standard InChI is InChI=1S/C8H16NO2.ClH/c1-7(2)8(11)9(3,4)5-6-10;/h10H,1,5-6H2,2-4H3;1H/q+1;/p-1. The van der Waals surface area contributed by atoms with Gasteiger partial charge in [0.1, 0.15) is 6.54 Å². The van der Waals surface area contributed by atoms with Gasteiger partial charge in [-0.3, -0.25) is 4.48 Å². The van der Waals surface area contributed by atoms with Crippen LogP contribution >= 0.6 is 0 Å². The third-order valence-electron chi connectivity index (χ3n) is 1.57. The number of quaternary nitrogens is 1. The average molecular weight is 194 g/mol. The molecule has 0 aliphatic rings. The Morgan fingerprint density at radius 2 is 1.92 bits per heavy atom. The van der Waals surface area contributed by atoms with Crippen molar-refractivity contribution in [3.63, 3.8) is 0 Å². The number of carbonyl (C=O) groups excluding carboxylic acids is 1. The Balaban J connectivity index is 0. The van der Waals surface area contributed by atoms with Crippen molar-refractivity contribution in [2.24, 2.45) is 0 Å². The summed E-state index contributed by atoms with van der Waals surface area (Å²) in [6.07, 6.45) is 0. The van der Waals surface area contributed by atoms with Crippen LogP contribution in [-0.2, 0) is 4.79 Å². The van der Waals surface area contributed by atoms with E-state index in [0.29, 0.717) is 12.1 Å². The Bertz CT molecular complexity index is 178. The lowest BCUT2D eigenvalue weighted by molar-refractivity contribution is -0.812. The normalized spacial score (nSPS) is 10.3. The van der Waals surface area contributed by atoms with Crippen LogP contribution in [0.1, 0.15) is 6.92 Å². The lowest BCUT2D eigenvalue weighted by atomic mass is 10.3. The van der Waals surface area contributed by atoms with Gasteiger partial charge in [0.25, 0.3) is 0 Å². The van der Waals surface area contributed by atoms with Crippen molar-refractivity contribution in [2.75, 3.05) is 27.2 Å². The molecule has 0 aromatic carbocycles. The predicted octanol–water partition coefficient (Wildman–Crippen LogP) is -2.84. The maximum absolute atomic E-state index is 11.3. The van der Waals surface area contributed by atoms with E-state index >= 15 is 0 Å². The number of nitrogens with zero attached hydrogens (tertiary/aromatic N) is 1. The van der Waals surface area contributed by atoms with E-state index in [0.717, 1.165) is 0 Å². The first-order valence-electron chi connectivity index (χ1n) is 3.56. The zero-order valence-corrected chi connectivity index (χ0v) is 8.56. The molecule has 0 saturated carbocycles. The fourth-order valence-electron chi connectivity index (χ4n) is 0.868. The van der Waals surface area contributed by atoms with Gasteiger partial charge in [-0.1, -0.05) is 6.58 Å². The van der Waals surface area contributed by atoms with Gasteiger partial charge in [0.2, 0.25) is 0 Å². The Morgan fingerprint density at radius 1 is 1.50 bits per heavy atom. The van der Waals surface area contributed by atoms with Gasteiger partial charge in [-0.2, -0.15) is 0 Å². The number of likely N-dealkylation sites (N-methyl/N-ethyl adjacent to an activating group) is 1. The summed E-state index contributed by atoms with van der Waals surface area (Å²) in [6, 6.07) is 0. The average Bonchev–Trinajstić information content (AvgIpc) is 1.86. The summed E-state index contributed by atoms with van der Waals surface area (Å²) in [5.41, 5.74) is 0.531. The first kappa shape index (κ1) is 14.2. The molecule has 72 valence electrons. The Hall–Kier alpha value is -0.380. The molecule has 0 radical (unpaired) electrons. The van der Waals surface area contributed by atoms with Crippen molar-refractivity contribution >= 4 is 5.91 Å². The molecule has 0 aliphatic heterocycles. The number of aliphatic hydroxyl groups is 1. The van der Waals surface area contributed by atoms with Crippen LogP contribution in [0.2, 0.25) is 0 Å². The minimum Gasteiger partial charge on any atom is -1.00 e. The number of halogens is 1. The maximum atomic E-state index is 11.3. The zero-order chi connectivity index (χ0) is 9.07. The highest BCUT2D eigenvalue weighted by Crippen LogP contribution is 2.03. The van der Waals surface area contributed by atoms with E-state index < -0.39 is 0 Å². The van der Waals surface area contributed by atoms with Crippen molar-refractivity contribution in [3.05, 3.63) is 12.2 Å². The van der Waals surface area contributed by atoms with Crippen LogP contribution < -0.4 is 12.4 Å². The van der Waals surface area contributed by atoms with Crippen LogP contribution in [0.4, 0.5) is 0 Å². The van der Waals surface area contributed by atoms with Crippen LogP contribution in [0, 0.1) is 0 Å². The van der Waals surface area contributed by atoms with Gasteiger partial charge in [-0.15, -0.1) is 0 Å². The molecule has 3 nitrogen and oxygen atoms in total. The van der Waals surface area contributed by atoms with Gasteiger partial charge in [0, 0.05) is 5.57 Å². The van der Waals surface area contributed by atoms with E-state index in [9.17, 15) is 4.79 Å². The highest BCUT2D eigenvalue weighted by molar-refractivity contribution is 5.86. The Kier molecular flexibility index (Phi) is 6.25. The monoisotopic (exact) mass is 193 g/mol. The summed E-state index contributed by atoms with van der Waals surface area (Å²) in [6.45, 7) is 5.69. The summed E-state index contributed by atoms with van der Waals surface area (Å²) in [5, 5.41) is 8.64. The fraction of sp³-hybridized carbons (Fsp3) is 0.625. The highest BCUT2D eigenvalue weighted by Gasteiger charge is 2.25. The van der Waals surface area contributed by atoms with Gasteiger partial charge in [0.05, 0.1) is 20.7 Å². The van der Waals surface area contributed by atoms with Gasteiger partial charge < -0.3 is 17.5 Å². The van der Waals surface area contributed by atoms with Crippen molar-refractivity contribution in [2.45, 2.75) is 6.92 Å². The van der Waals surface area contributed by atoms with Gasteiger partial charge >= 0.3 is 5.91 Å². The summed E-state index contributed by atoms with van der Waals surface area (Å²) in [4.78, 5) is 11.3. The summed E-state index contributed by atoms with van der Waals surface area (Å²) >= 11 is 0. The third kappa shape index (κ3) is 3.85. The number of hydrogen-bond donors (Lipinski definition) is 1. The topological polar surface area (TPSA) is 37.3 Å². The first-order chi connectivity index (χ1) is 4.91. The molecular formula is C8H16ClNO2. The molecule has 0 aromatic rings. The molecule has 0 saturated heterocycles. The molecule has 1 N–H and O–H groups in total. The van der Waals surface area contributed by atoms with Crippen LogP contribution in [0.5, 0.6) is 0 Å². The van der Waals surface area contributed by atoms with Crippen molar-refractivity contribution < 1.29 is 26.8 Å². The molecule has 0 fully saturated rings. The lowest BCUT2D eigenvalue weighted by Crippen LogP contribution is -3.00. The molecule has 0 bridgehead atoms. The number of amides is 1. The molecule has 0 aliphatic carbocycles. The number of rotatable bonds is 3. The smallest absolute Gasteiger partial charge is 0.340 e. The maximum Gasteiger partial charge on any atom is 0.340 e. The molecule has 0 heterocycles. The SMILES string of the molecule is C=C(C)C(=O)[N+](C)(C)CCO.[Cl-].